The lowest BCUT2D eigenvalue weighted by Crippen LogP contribution is -2.33. The van der Waals surface area contributed by atoms with Crippen LogP contribution in [0.3, 0.4) is 0 Å². The Labute approximate surface area is 93.8 Å². The first-order valence-corrected chi connectivity index (χ1v) is 6.52. The number of rotatable bonds is 4. The fraction of sp³-hybridized carbons (Fsp3) is 0.800. The quantitative estimate of drug-likeness (QED) is 0.736. The smallest absolute Gasteiger partial charge is 0.324 e. The number of nitrogens with one attached hydrogen (secondary N) is 1. The Morgan fingerprint density at radius 3 is 2.67 bits per heavy atom. The summed E-state index contributed by atoms with van der Waals surface area (Å²) in [5.74, 6) is 0.788. The van der Waals surface area contributed by atoms with Gasteiger partial charge in [-0.2, -0.15) is 11.8 Å². The molecule has 3 amide bonds. The van der Waals surface area contributed by atoms with Crippen LogP contribution in [0.2, 0.25) is 0 Å². The molecule has 0 unspecified atom stereocenters. The molecule has 15 heavy (non-hydrogen) atoms. The monoisotopic (exact) mass is 228 g/mol. The molecule has 0 spiro atoms. The highest BCUT2D eigenvalue weighted by molar-refractivity contribution is 7.99. The zero-order valence-electron chi connectivity index (χ0n) is 8.70. The molecule has 1 aliphatic heterocycles. The minimum Gasteiger partial charge on any atom is -0.329 e. The lowest BCUT2D eigenvalue weighted by Gasteiger charge is -2.13. The summed E-state index contributed by atoms with van der Waals surface area (Å²) in [7, 11) is 0. The van der Waals surface area contributed by atoms with Gasteiger partial charge in [-0.15, -0.1) is 0 Å². The van der Waals surface area contributed by atoms with Crippen LogP contribution in [0.15, 0.2) is 0 Å². The van der Waals surface area contributed by atoms with E-state index in [9.17, 15) is 9.59 Å². The molecule has 5 heteroatoms. The Bertz CT molecular complexity index is 248. The molecule has 2 rings (SSSR count). The standard InChI is InChI=1S/C10H16N2O2S/c13-9-7-11-10(14)12(9)5-6-15-8-3-1-2-4-8/h8H,1-7H2,(H,11,14). The Balaban J connectivity index is 1.68. The van der Waals surface area contributed by atoms with Gasteiger partial charge in [0.15, 0.2) is 0 Å². The predicted molar refractivity (Wildman–Crippen MR) is 59.8 cm³/mol. The second kappa shape index (κ2) is 4.88. The van der Waals surface area contributed by atoms with Gasteiger partial charge in [-0.1, -0.05) is 12.8 Å². The van der Waals surface area contributed by atoms with Gasteiger partial charge in [-0.25, -0.2) is 4.79 Å². The van der Waals surface area contributed by atoms with E-state index in [0.29, 0.717) is 6.54 Å². The van der Waals surface area contributed by atoms with E-state index in [-0.39, 0.29) is 18.5 Å². The first kappa shape index (κ1) is 10.8. The summed E-state index contributed by atoms with van der Waals surface area (Å²) >= 11 is 1.90. The molecule has 84 valence electrons. The number of carbonyl (C=O) groups is 2. The fourth-order valence-corrected chi connectivity index (χ4v) is 3.34. The van der Waals surface area contributed by atoms with E-state index in [2.05, 4.69) is 5.32 Å². The van der Waals surface area contributed by atoms with Gasteiger partial charge in [-0.3, -0.25) is 9.69 Å². The Hall–Kier alpha value is -0.710. The zero-order valence-corrected chi connectivity index (χ0v) is 9.52. The van der Waals surface area contributed by atoms with Crippen LogP contribution in [0.5, 0.6) is 0 Å². The molecule has 0 aromatic heterocycles. The summed E-state index contributed by atoms with van der Waals surface area (Å²) in [5.41, 5.74) is 0. The first-order valence-electron chi connectivity index (χ1n) is 5.47. The second-order valence-corrected chi connectivity index (χ2v) is 5.39. The van der Waals surface area contributed by atoms with Crippen molar-refractivity contribution in [2.24, 2.45) is 0 Å². The third-order valence-corrected chi connectivity index (χ3v) is 4.27. The van der Waals surface area contributed by atoms with E-state index in [1.54, 1.807) is 0 Å². The van der Waals surface area contributed by atoms with E-state index in [1.165, 1.54) is 30.6 Å². The van der Waals surface area contributed by atoms with Crippen LogP contribution in [0.25, 0.3) is 0 Å². The van der Waals surface area contributed by atoms with E-state index in [4.69, 9.17) is 0 Å². The van der Waals surface area contributed by atoms with Gasteiger partial charge in [0, 0.05) is 17.5 Å². The molecular formula is C10H16N2O2S. The van der Waals surface area contributed by atoms with Crippen molar-refractivity contribution in [2.75, 3.05) is 18.8 Å². The van der Waals surface area contributed by atoms with Gasteiger partial charge in [0.2, 0.25) is 5.91 Å². The average molecular weight is 228 g/mol. The summed E-state index contributed by atoms with van der Waals surface area (Å²) in [6, 6.07) is -0.230. The molecular weight excluding hydrogens is 212 g/mol. The van der Waals surface area contributed by atoms with Crippen LogP contribution in [0.1, 0.15) is 25.7 Å². The van der Waals surface area contributed by atoms with Gasteiger partial charge in [-0.05, 0) is 12.8 Å². The minimum absolute atomic E-state index is 0.0907. The van der Waals surface area contributed by atoms with E-state index < -0.39 is 0 Å². The molecule has 2 fully saturated rings. The average Bonchev–Trinajstić information content (AvgIpc) is 2.82. The SMILES string of the molecule is O=C1CNC(=O)N1CCSC1CCCC1. The van der Waals surface area contributed by atoms with Gasteiger partial charge in [0.1, 0.15) is 0 Å². The molecule has 4 nitrogen and oxygen atoms in total. The lowest BCUT2D eigenvalue weighted by atomic mass is 10.4. The maximum atomic E-state index is 11.2. The van der Waals surface area contributed by atoms with Crippen molar-refractivity contribution in [2.45, 2.75) is 30.9 Å². The highest BCUT2D eigenvalue weighted by Gasteiger charge is 2.28. The van der Waals surface area contributed by atoms with Crippen molar-refractivity contribution in [3.8, 4) is 0 Å². The topological polar surface area (TPSA) is 49.4 Å². The fourth-order valence-electron chi connectivity index (χ4n) is 2.05. The van der Waals surface area contributed by atoms with Crippen molar-refractivity contribution in [1.82, 2.24) is 10.2 Å². The summed E-state index contributed by atoms with van der Waals surface area (Å²) in [5, 5.41) is 3.28. The van der Waals surface area contributed by atoms with Crippen LogP contribution in [0.4, 0.5) is 4.79 Å². The first-order chi connectivity index (χ1) is 7.27. The summed E-state index contributed by atoms with van der Waals surface area (Å²) in [6.07, 6.45) is 5.26. The maximum absolute atomic E-state index is 11.2. The largest absolute Gasteiger partial charge is 0.329 e. The van der Waals surface area contributed by atoms with Crippen molar-refractivity contribution in [3.05, 3.63) is 0 Å². The highest BCUT2D eigenvalue weighted by atomic mass is 32.2. The van der Waals surface area contributed by atoms with Gasteiger partial charge in [0.05, 0.1) is 6.54 Å². The zero-order chi connectivity index (χ0) is 10.7. The van der Waals surface area contributed by atoms with Gasteiger partial charge >= 0.3 is 6.03 Å². The molecule has 1 aliphatic carbocycles. The molecule has 0 radical (unpaired) electrons. The third-order valence-electron chi connectivity index (χ3n) is 2.91. The second-order valence-electron chi connectivity index (χ2n) is 3.98. The van der Waals surface area contributed by atoms with E-state index in [0.717, 1.165) is 11.0 Å². The predicted octanol–water partition coefficient (Wildman–Crippen LogP) is 1.21. The Kier molecular flexibility index (Phi) is 3.51. The van der Waals surface area contributed by atoms with Gasteiger partial charge in [0.25, 0.3) is 0 Å². The maximum Gasteiger partial charge on any atom is 0.324 e. The number of amides is 3. The molecule has 1 N–H and O–H groups in total. The Morgan fingerprint density at radius 2 is 2.07 bits per heavy atom. The number of imide groups is 1. The van der Waals surface area contributed by atoms with E-state index >= 15 is 0 Å². The molecule has 0 bridgehead atoms. The van der Waals surface area contributed by atoms with Crippen molar-refractivity contribution < 1.29 is 9.59 Å². The van der Waals surface area contributed by atoms with Crippen LogP contribution in [-0.4, -0.2) is 40.9 Å². The van der Waals surface area contributed by atoms with Gasteiger partial charge < -0.3 is 5.32 Å². The van der Waals surface area contributed by atoms with Crippen LogP contribution in [-0.2, 0) is 4.79 Å². The lowest BCUT2D eigenvalue weighted by molar-refractivity contribution is -0.124. The number of hydrogen-bond donors (Lipinski definition) is 1. The molecule has 1 heterocycles. The summed E-state index contributed by atoms with van der Waals surface area (Å²) in [6.45, 7) is 0.735. The molecule has 1 saturated heterocycles. The molecule has 1 saturated carbocycles. The van der Waals surface area contributed by atoms with Crippen LogP contribution >= 0.6 is 11.8 Å². The van der Waals surface area contributed by atoms with Crippen molar-refractivity contribution in [1.29, 1.82) is 0 Å². The number of carbonyl (C=O) groups excluding carboxylic acids is 2. The molecule has 0 atom stereocenters. The highest BCUT2D eigenvalue weighted by Crippen LogP contribution is 2.29. The third kappa shape index (κ3) is 2.65. The van der Waals surface area contributed by atoms with Crippen LogP contribution < -0.4 is 5.32 Å². The number of hydrogen-bond acceptors (Lipinski definition) is 3. The van der Waals surface area contributed by atoms with E-state index in [1.807, 2.05) is 11.8 Å². The molecule has 2 aliphatic rings. The molecule has 0 aromatic rings. The van der Waals surface area contributed by atoms with Crippen molar-refractivity contribution >= 4 is 23.7 Å². The van der Waals surface area contributed by atoms with Crippen molar-refractivity contribution in [3.63, 3.8) is 0 Å². The number of nitrogens with zero attached hydrogens (tertiary/aromatic N) is 1. The normalized spacial score (nSPS) is 22.5. The summed E-state index contributed by atoms with van der Waals surface area (Å²) < 4.78 is 0. The minimum atomic E-state index is -0.230. The molecule has 0 aromatic carbocycles. The van der Waals surface area contributed by atoms with Crippen LogP contribution in [0, 0.1) is 0 Å². The number of urea groups is 1. The number of thioether (sulfide) groups is 1. The Morgan fingerprint density at radius 1 is 1.33 bits per heavy atom. The summed E-state index contributed by atoms with van der Waals surface area (Å²) in [4.78, 5) is 23.8.